The molecular weight excluding hydrogens is 218 g/mol. The van der Waals surface area contributed by atoms with Crippen LogP contribution in [-0.4, -0.2) is 32.3 Å². The summed E-state index contributed by atoms with van der Waals surface area (Å²) >= 11 is 0. The molecule has 0 spiro atoms. The lowest BCUT2D eigenvalue weighted by atomic mass is 9.83. The Morgan fingerprint density at radius 1 is 1.47 bits per heavy atom. The molecule has 1 saturated carbocycles. The zero-order valence-corrected chi connectivity index (χ0v) is 11.0. The highest BCUT2D eigenvalue weighted by molar-refractivity contribution is 5.70. The number of hydrogen-bond acceptors (Lipinski definition) is 4. The number of ether oxygens (including phenoxy) is 2. The molecule has 3 unspecified atom stereocenters. The van der Waals surface area contributed by atoms with E-state index in [0.717, 1.165) is 5.92 Å². The molecule has 17 heavy (non-hydrogen) atoms. The summed E-state index contributed by atoms with van der Waals surface area (Å²) in [6.45, 7) is 3.18. The lowest BCUT2D eigenvalue weighted by Crippen LogP contribution is -2.27. The van der Waals surface area contributed by atoms with E-state index in [4.69, 9.17) is 15.2 Å². The molecule has 0 amide bonds. The molecular formula is C13H25NO3. The van der Waals surface area contributed by atoms with Crippen LogP contribution in [-0.2, 0) is 14.3 Å². The second-order valence-electron chi connectivity index (χ2n) is 5.12. The molecule has 1 aliphatic rings. The maximum atomic E-state index is 11.5. The van der Waals surface area contributed by atoms with Gasteiger partial charge < -0.3 is 15.2 Å². The molecule has 0 aromatic heterocycles. The quantitative estimate of drug-likeness (QED) is 0.722. The Balaban J connectivity index is 2.18. The number of carbonyl (C=O) groups is 1. The summed E-state index contributed by atoms with van der Waals surface area (Å²) in [6, 6.07) is 0. The van der Waals surface area contributed by atoms with Crippen molar-refractivity contribution in [1.29, 1.82) is 0 Å². The Morgan fingerprint density at radius 2 is 2.24 bits per heavy atom. The van der Waals surface area contributed by atoms with E-state index in [1.807, 2.05) is 0 Å². The number of rotatable bonds is 6. The van der Waals surface area contributed by atoms with Gasteiger partial charge in [-0.1, -0.05) is 19.8 Å². The predicted molar refractivity (Wildman–Crippen MR) is 66.5 cm³/mol. The minimum absolute atomic E-state index is 0.194. The molecule has 1 rings (SSSR count). The zero-order chi connectivity index (χ0) is 12.7. The minimum Gasteiger partial charge on any atom is -0.465 e. The van der Waals surface area contributed by atoms with Gasteiger partial charge in [-0.2, -0.15) is 0 Å². The molecule has 1 fully saturated rings. The number of nitrogens with two attached hydrogens (primary N) is 1. The highest BCUT2D eigenvalue weighted by Crippen LogP contribution is 2.28. The highest BCUT2D eigenvalue weighted by Gasteiger charge is 2.21. The Bertz CT molecular complexity index is 229. The number of esters is 1. The highest BCUT2D eigenvalue weighted by atomic mass is 16.5. The van der Waals surface area contributed by atoms with Crippen LogP contribution in [0.5, 0.6) is 0 Å². The van der Waals surface area contributed by atoms with Crippen molar-refractivity contribution in [2.24, 2.45) is 17.6 Å². The standard InChI is InChI=1S/C13H25NO3/c1-10-4-3-5-11(6-10)9-17-13(15)7-12(8-14)16-2/h10-12H,3-9,14H2,1-2H3. The Morgan fingerprint density at radius 3 is 2.82 bits per heavy atom. The molecule has 0 bridgehead atoms. The molecule has 4 heteroatoms. The molecule has 1 aliphatic carbocycles. The first-order chi connectivity index (χ1) is 8.15. The van der Waals surface area contributed by atoms with Crippen molar-refractivity contribution in [2.45, 2.75) is 45.1 Å². The van der Waals surface area contributed by atoms with Crippen molar-refractivity contribution in [2.75, 3.05) is 20.3 Å². The lowest BCUT2D eigenvalue weighted by molar-refractivity contribution is -0.148. The van der Waals surface area contributed by atoms with Crippen LogP contribution >= 0.6 is 0 Å². The van der Waals surface area contributed by atoms with Crippen LogP contribution in [0, 0.1) is 11.8 Å². The van der Waals surface area contributed by atoms with Crippen LogP contribution in [0.15, 0.2) is 0 Å². The van der Waals surface area contributed by atoms with Gasteiger partial charge in [-0.3, -0.25) is 4.79 Å². The van der Waals surface area contributed by atoms with Gasteiger partial charge in [0.05, 0.1) is 19.1 Å². The molecule has 0 aliphatic heterocycles. The topological polar surface area (TPSA) is 61.5 Å². The fourth-order valence-corrected chi connectivity index (χ4v) is 2.43. The van der Waals surface area contributed by atoms with Crippen molar-refractivity contribution >= 4 is 5.97 Å². The van der Waals surface area contributed by atoms with Gasteiger partial charge in [-0.15, -0.1) is 0 Å². The second kappa shape index (κ2) is 7.67. The van der Waals surface area contributed by atoms with Crippen molar-refractivity contribution in [1.82, 2.24) is 0 Å². The van der Waals surface area contributed by atoms with E-state index in [2.05, 4.69) is 6.92 Å². The maximum Gasteiger partial charge on any atom is 0.308 e. The monoisotopic (exact) mass is 243 g/mol. The summed E-state index contributed by atoms with van der Waals surface area (Å²) < 4.78 is 10.3. The van der Waals surface area contributed by atoms with Crippen LogP contribution in [0.25, 0.3) is 0 Å². The summed E-state index contributed by atoms with van der Waals surface area (Å²) in [6.07, 6.45) is 4.97. The first-order valence-corrected chi connectivity index (χ1v) is 6.54. The number of methoxy groups -OCH3 is 1. The van der Waals surface area contributed by atoms with Crippen molar-refractivity contribution < 1.29 is 14.3 Å². The van der Waals surface area contributed by atoms with Crippen LogP contribution in [0.3, 0.4) is 0 Å². The first-order valence-electron chi connectivity index (χ1n) is 6.54. The van der Waals surface area contributed by atoms with Gasteiger partial charge >= 0.3 is 5.97 Å². The molecule has 0 radical (unpaired) electrons. The summed E-state index contributed by atoms with van der Waals surface area (Å²) in [7, 11) is 1.56. The Hall–Kier alpha value is -0.610. The molecule has 4 nitrogen and oxygen atoms in total. The molecule has 0 saturated heterocycles. The van der Waals surface area contributed by atoms with Crippen molar-refractivity contribution in [3.8, 4) is 0 Å². The average Bonchev–Trinajstić information content (AvgIpc) is 2.33. The van der Waals surface area contributed by atoms with Crippen LogP contribution in [0.4, 0.5) is 0 Å². The number of carbonyl (C=O) groups excluding carboxylic acids is 1. The summed E-state index contributed by atoms with van der Waals surface area (Å²) in [4.78, 5) is 11.5. The van der Waals surface area contributed by atoms with Gasteiger partial charge in [0.25, 0.3) is 0 Å². The fourth-order valence-electron chi connectivity index (χ4n) is 2.43. The first kappa shape index (κ1) is 14.5. The minimum atomic E-state index is -0.215. The Labute approximate surface area is 104 Å². The fraction of sp³-hybridized carbons (Fsp3) is 0.923. The molecule has 2 N–H and O–H groups in total. The average molecular weight is 243 g/mol. The van der Waals surface area contributed by atoms with Gasteiger partial charge in [0.15, 0.2) is 0 Å². The van der Waals surface area contributed by atoms with Crippen molar-refractivity contribution in [3.05, 3.63) is 0 Å². The molecule has 0 heterocycles. The smallest absolute Gasteiger partial charge is 0.308 e. The maximum absolute atomic E-state index is 11.5. The normalized spacial score (nSPS) is 26.5. The van der Waals surface area contributed by atoms with Crippen LogP contribution in [0.1, 0.15) is 39.0 Å². The predicted octanol–water partition coefficient (Wildman–Crippen LogP) is 1.72. The van der Waals surface area contributed by atoms with Gasteiger partial charge in [0.1, 0.15) is 0 Å². The van der Waals surface area contributed by atoms with Gasteiger partial charge in [0, 0.05) is 13.7 Å². The summed E-state index contributed by atoms with van der Waals surface area (Å²) in [5.74, 6) is 1.12. The molecule has 100 valence electrons. The van der Waals surface area contributed by atoms with Crippen LogP contribution in [0.2, 0.25) is 0 Å². The van der Waals surface area contributed by atoms with Gasteiger partial charge in [-0.05, 0) is 24.7 Å². The number of hydrogen-bond donors (Lipinski definition) is 1. The summed E-state index contributed by atoms with van der Waals surface area (Å²) in [5, 5.41) is 0. The van der Waals surface area contributed by atoms with E-state index < -0.39 is 0 Å². The third-order valence-electron chi connectivity index (χ3n) is 3.52. The Kier molecular flexibility index (Phi) is 6.52. The molecule has 0 aromatic carbocycles. The largest absolute Gasteiger partial charge is 0.465 e. The van der Waals surface area contributed by atoms with E-state index >= 15 is 0 Å². The SMILES string of the molecule is COC(CN)CC(=O)OCC1CCCC(C)C1. The lowest BCUT2D eigenvalue weighted by Gasteiger charge is -2.26. The van der Waals surface area contributed by atoms with Crippen LogP contribution < -0.4 is 5.73 Å². The zero-order valence-electron chi connectivity index (χ0n) is 11.0. The van der Waals surface area contributed by atoms with Gasteiger partial charge in [-0.25, -0.2) is 0 Å². The van der Waals surface area contributed by atoms with E-state index in [-0.39, 0.29) is 18.5 Å². The molecule has 0 aromatic rings. The third kappa shape index (κ3) is 5.50. The third-order valence-corrected chi connectivity index (χ3v) is 3.52. The van der Waals surface area contributed by atoms with E-state index in [0.29, 0.717) is 19.1 Å². The second-order valence-corrected chi connectivity index (χ2v) is 5.12. The van der Waals surface area contributed by atoms with Crippen molar-refractivity contribution in [3.63, 3.8) is 0 Å². The summed E-state index contributed by atoms with van der Waals surface area (Å²) in [5.41, 5.74) is 5.46. The van der Waals surface area contributed by atoms with Gasteiger partial charge in [0.2, 0.25) is 0 Å². The molecule has 3 atom stereocenters. The van der Waals surface area contributed by atoms with E-state index in [1.54, 1.807) is 7.11 Å². The van der Waals surface area contributed by atoms with E-state index in [9.17, 15) is 4.79 Å². The van der Waals surface area contributed by atoms with E-state index in [1.165, 1.54) is 25.7 Å².